The van der Waals surface area contributed by atoms with Gasteiger partial charge in [-0.1, -0.05) is 20.8 Å². The van der Waals surface area contributed by atoms with Crippen molar-refractivity contribution in [1.29, 1.82) is 5.26 Å². The van der Waals surface area contributed by atoms with Gasteiger partial charge >= 0.3 is 6.18 Å². The Kier molecular flexibility index (Phi) is 7.03. The monoisotopic (exact) mass is 558 g/mol. The van der Waals surface area contributed by atoms with Crippen LogP contribution in [0.3, 0.4) is 0 Å². The van der Waals surface area contributed by atoms with Gasteiger partial charge in [-0.3, -0.25) is 4.98 Å². The Morgan fingerprint density at radius 3 is 2.37 bits per heavy atom. The first kappa shape index (κ1) is 27.9. The first-order valence-corrected chi connectivity index (χ1v) is 13.2. The maximum atomic E-state index is 15.4. The number of hydrogen-bond donors (Lipinski definition) is 1. The van der Waals surface area contributed by atoms with Gasteiger partial charge in [0.15, 0.2) is 0 Å². The molecule has 0 bridgehead atoms. The second kappa shape index (κ2) is 9.57. The zero-order valence-corrected chi connectivity index (χ0v) is 21.4. The lowest BCUT2D eigenvalue weighted by Gasteiger charge is -2.20. The second-order valence-corrected chi connectivity index (χ2v) is 12.5. The van der Waals surface area contributed by atoms with E-state index in [4.69, 9.17) is 5.26 Å². The van der Waals surface area contributed by atoms with Crippen molar-refractivity contribution < 1.29 is 34.8 Å². The number of benzene rings is 1. The predicted molar refractivity (Wildman–Crippen MR) is 128 cm³/mol. The van der Waals surface area contributed by atoms with Gasteiger partial charge in [-0.25, -0.2) is 26.3 Å². The number of hydrogen-bond acceptors (Lipinski definition) is 4. The number of fused-ring (bicyclic) bond motifs is 1. The molecule has 1 fully saturated rings. The van der Waals surface area contributed by atoms with Crippen LogP contribution in [0.25, 0.3) is 22.2 Å². The Morgan fingerprint density at radius 2 is 1.84 bits per heavy atom. The van der Waals surface area contributed by atoms with Gasteiger partial charge in [0, 0.05) is 41.0 Å². The van der Waals surface area contributed by atoms with E-state index in [9.17, 15) is 30.4 Å². The average Bonchev–Trinajstić information content (AvgIpc) is 3.60. The number of rotatable bonds is 7. The summed E-state index contributed by atoms with van der Waals surface area (Å²) in [6.07, 6.45) is -5.30. The van der Waals surface area contributed by atoms with E-state index in [1.165, 1.54) is 10.8 Å². The van der Waals surface area contributed by atoms with Crippen LogP contribution in [-0.2, 0) is 22.7 Å². The van der Waals surface area contributed by atoms with E-state index in [1.807, 2.05) is 25.5 Å². The van der Waals surface area contributed by atoms with Crippen LogP contribution in [-0.4, -0.2) is 29.6 Å². The Bertz CT molecular complexity index is 1530. The Labute approximate surface area is 215 Å². The summed E-state index contributed by atoms with van der Waals surface area (Å²) in [5.74, 6) is -1.17. The Balaban J connectivity index is 1.96. The summed E-state index contributed by atoms with van der Waals surface area (Å²) in [6.45, 7) is 5.72. The van der Waals surface area contributed by atoms with Gasteiger partial charge in [0.2, 0.25) is 10.0 Å². The van der Waals surface area contributed by atoms with Crippen molar-refractivity contribution in [3.05, 3.63) is 53.1 Å². The highest BCUT2D eigenvalue weighted by Gasteiger charge is 2.40. The largest absolute Gasteiger partial charge is 0.418 e. The molecule has 2 aromatic heterocycles. The average molecular weight is 559 g/mol. The van der Waals surface area contributed by atoms with E-state index < -0.39 is 62.0 Å². The van der Waals surface area contributed by atoms with Gasteiger partial charge in [0.25, 0.3) is 6.43 Å². The topological polar surface area (TPSA) is 87.8 Å². The summed E-state index contributed by atoms with van der Waals surface area (Å²) in [5, 5.41) is 8.16. The number of alkyl halides is 5. The highest BCUT2D eigenvalue weighted by Crippen LogP contribution is 2.41. The third-order valence-electron chi connectivity index (χ3n) is 6.06. The molecule has 0 unspecified atom stereocenters. The van der Waals surface area contributed by atoms with Crippen LogP contribution >= 0.6 is 0 Å². The molecule has 6 nitrogen and oxygen atoms in total. The van der Waals surface area contributed by atoms with Crippen LogP contribution in [0.1, 0.15) is 56.3 Å². The van der Waals surface area contributed by atoms with Gasteiger partial charge in [0.05, 0.1) is 22.1 Å². The van der Waals surface area contributed by atoms with Crippen molar-refractivity contribution in [2.24, 2.45) is 5.41 Å². The van der Waals surface area contributed by atoms with E-state index in [-0.39, 0.29) is 28.6 Å². The fourth-order valence-electron chi connectivity index (χ4n) is 4.27. The first-order chi connectivity index (χ1) is 17.5. The lowest BCUT2D eigenvalue weighted by Crippen LogP contribution is -2.35. The summed E-state index contributed by atoms with van der Waals surface area (Å²) in [4.78, 5) is 3.70. The second-order valence-electron chi connectivity index (χ2n) is 10.5. The van der Waals surface area contributed by atoms with Gasteiger partial charge < -0.3 is 4.57 Å². The van der Waals surface area contributed by atoms with Crippen LogP contribution in [0.15, 0.2) is 30.6 Å². The number of aromatic nitrogens is 2. The number of pyridine rings is 1. The lowest BCUT2D eigenvalue weighted by molar-refractivity contribution is -0.137. The summed E-state index contributed by atoms with van der Waals surface area (Å²) in [5.41, 5.74) is -3.51. The summed E-state index contributed by atoms with van der Waals surface area (Å²) in [6, 6.07) is 2.04. The van der Waals surface area contributed by atoms with Gasteiger partial charge in [-0.15, -0.1) is 0 Å². The van der Waals surface area contributed by atoms with Crippen molar-refractivity contribution in [3.63, 3.8) is 0 Å². The smallest absolute Gasteiger partial charge is 0.347 e. The quantitative estimate of drug-likeness (QED) is 0.352. The molecule has 204 valence electrons. The van der Waals surface area contributed by atoms with E-state index >= 15 is 4.39 Å². The minimum Gasteiger partial charge on any atom is -0.347 e. The lowest BCUT2D eigenvalue weighted by atomic mass is 9.96. The molecule has 0 aliphatic heterocycles. The van der Waals surface area contributed by atoms with E-state index in [0.29, 0.717) is 18.9 Å². The van der Waals surface area contributed by atoms with E-state index in [2.05, 4.69) is 4.98 Å². The number of halogens is 6. The molecule has 1 aliphatic rings. The standard InChI is InChI=1S/C25H24F6N4O2S/c1-24(2,3)12-35-11-17(22(23(27)28)34-38(36,37)14-4-5-14)15-7-19(26)16(8-20(15)35)21-18(25(29,30)31)6-13(9-32)10-33-21/h6-8,10-11,14,22-23,34H,4-5,12H2,1-3H3/t22-/m0/s1. The van der Waals surface area contributed by atoms with Crippen LogP contribution in [0.5, 0.6) is 0 Å². The van der Waals surface area contributed by atoms with Crippen molar-refractivity contribution in [1.82, 2.24) is 14.3 Å². The van der Waals surface area contributed by atoms with Crippen LogP contribution in [0.2, 0.25) is 0 Å². The molecule has 1 N–H and O–H groups in total. The predicted octanol–water partition coefficient (Wildman–Crippen LogP) is 6.17. The molecule has 1 aromatic carbocycles. The molecule has 3 aromatic rings. The minimum absolute atomic E-state index is 0.0681. The normalized spacial score (nSPS) is 15.7. The highest BCUT2D eigenvalue weighted by atomic mass is 32.2. The zero-order valence-electron chi connectivity index (χ0n) is 20.6. The summed E-state index contributed by atoms with van der Waals surface area (Å²) >= 11 is 0. The van der Waals surface area contributed by atoms with Gasteiger partial charge in [0.1, 0.15) is 17.9 Å². The van der Waals surface area contributed by atoms with Crippen molar-refractivity contribution in [3.8, 4) is 17.3 Å². The molecule has 0 spiro atoms. The van der Waals surface area contributed by atoms with E-state index in [1.54, 1.807) is 6.07 Å². The molecule has 13 heteroatoms. The minimum atomic E-state index is -4.96. The van der Waals surface area contributed by atoms with Crippen molar-refractivity contribution in [2.75, 3.05) is 0 Å². The molecule has 0 saturated heterocycles. The van der Waals surface area contributed by atoms with Gasteiger partial charge in [-0.05, 0) is 36.5 Å². The fraction of sp³-hybridized carbons (Fsp3) is 0.440. The first-order valence-electron chi connectivity index (χ1n) is 11.6. The fourth-order valence-corrected chi connectivity index (χ4v) is 5.80. The molecule has 2 heterocycles. The SMILES string of the molecule is CC(C)(C)Cn1cc([C@H](NS(=O)(=O)C2CC2)C(F)F)c2cc(F)c(-c3ncc(C#N)cc3C(F)(F)F)cc21. The van der Waals surface area contributed by atoms with Crippen LogP contribution < -0.4 is 4.72 Å². The zero-order chi connectivity index (χ0) is 28.2. The number of nitriles is 1. The summed E-state index contributed by atoms with van der Waals surface area (Å²) < 4.78 is 114. The maximum Gasteiger partial charge on any atom is 0.418 e. The molecular weight excluding hydrogens is 534 g/mol. The molecular formula is C25H24F6N4O2S. The van der Waals surface area contributed by atoms with Crippen molar-refractivity contribution in [2.45, 2.75) is 64.1 Å². The molecule has 0 radical (unpaired) electrons. The van der Waals surface area contributed by atoms with E-state index in [0.717, 1.165) is 18.3 Å². The van der Waals surface area contributed by atoms with Crippen LogP contribution in [0, 0.1) is 22.6 Å². The molecule has 0 amide bonds. The van der Waals surface area contributed by atoms with Crippen LogP contribution in [0.4, 0.5) is 26.3 Å². The summed E-state index contributed by atoms with van der Waals surface area (Å²) in [7, 11) is -4.06. The molecule has 38 heavy (non-hydrogen) atoms. The van der Waals surface area contributed by atoms with Crippen molar-refractivity contribution >= 4 is 20.9 Å². The molecule has 1 atom stereocenters. The van der Waals surface area contributed by atoms with Gasteiger partial charge in [-0.2, -0.15) is 18.4 Å². The Hall–Kier alpha value is -3.11. The third-order valence-corrected chi connectivity index (χ3v) is 8.00. The molecule has 1 aliphatic carbocycles. The highest BCUT2D eigenvalue weighted by molar-refractivity contribution is 7.90. The molecule has 1 saturated carbocycles. The molecule has 4 rings (SSSR count). The number of sulfonamides is 1. The number of nitrogens with zero attached hydrogens (tertiary/aromatic N) is 3. The Morgan fingerprint density at radius 1 is 1.18 bits per heavy atom. The maximum absolute atomic E-state index is 15.4. The third kappa shape index (κ3) is 5.66. The number of nitrogens with one attached hydrogen (secondary N) is 1.